The van der Waals surface area contributed by atoms with E-state index in [-0.39, 0.29) is 5.78 Å². The third-order valence-electron chi connectivity index (χ3n) is 5.75. The predicted octanol–water partition coefficient (Wildman–Crippen LogP) is 4.82. The number of nitrogens with one attached hydrogen (secondary N) is 2. The van der Waals surface area contributed by atoms with Crippen molar-refractivity contribution in [2.24, 2.45) is 0 Å². The van der Waals surface area contributed by atoms with Crippen LogP contribution in [0.2, 0.25) is 0 Å². The topological polar surface area (TPSA) is 94.8 Å². The monoisotopic (exact) mass is 445 g/mol. The van der Waals surface area contributed by atoms with Crippen molar-refractivity contribution in [1.29, 1.82) is 0 Å². The van der Waals surface area contributed by atoms with Crippen LogP contribution in [-0.4, -0.2) is 45.1 Å². The van der Waals surface area contributed by atoms with Crippen molar-refractivity contribution in [2.45, 2.75) is 6.29 Å². The van der Waals surface area contributed by atoms with E-state index in [1.54, 1.807) is 27.4 Å². The van der Waals surface area contributed by atoms with Crippen LogP contribution >= 0.6 is 0 Å². The molecule has 8 heteroatoms. The Morgan fingerprint density at radius 3 is 2.39 bits per heavy atom. The smallest absolute Gasteiger partial charge is 0.196 e. The molecule has 1 aromatic heterocycles. The third-order valence-corrected chi connectivity index (χ3v) is 5.75. The fraction of sp³-hybridized carbons (Fsp3) is 0.200. The van der Waals surface area contributed by atoms with Crippen LogP contribution in [0.1, 0.15) is 15.9 Å². The van der Waals surface area contributed by atoms with Gasteiger partial charge in [-0.3, -0.25) is 4.79 Å². The minimum atomic E-state index is -0.445. The van der Waals surface area contributed by atoms with Gasteiger partial charge in [0.15, 0.2) is 17.8 Å². The summed E-state index contributed by atoms with van der Waals surface area (Å²) in [5.41, 5.74) is 4.58. The van der Waals surface area contributed by atoms with Gasteiger partial charge in [0.05, 0.1) is 36.0 Å². The zero-order valence-electron chi connectivity index (χ0n) is 18.5. The van der Waals surface area contributed by atoms with Gasteiger partial charge in [-0.05, 0) is 30.3 Å². The van der Waals surface area contributed by atoms with Gasteiger partial charge in [-0.1, -0.05) is 29.4 Å². The number of nitrogens with zero attached hydrogens (tertiary/aromatic N) is 1. The predicted molar refractivity (Wildman–Crippen MR) is 125 cm³/mol. The lowest BCUT2D eigenvalue weighted by atomic mass is 9.86. The molecule has 0 spiro atoms. The van der Waals surface area contributed by atoms with Crippen molar-refractivity contribution < 1.29 is 23.5 Å². The summed E-state index contributed by atoms with van der Waals surface area (Å²) < 4.78 is 21.6. The SMILES string of the molecule is COc1ccc(Nc2cc(NCC(OC)OC)c3noc4c3c2C(=O)c2ccccc2-4)cc1. The second-order valence-electron chi connectivity index (χ2n) is 7.59. The molecule has 0 saturated heterocycles. The number of hydrogen-bond acceptors (Lipinski definition) is 8. The van der Waals surface area contributed by atoms with Crippen molar-refractivity contribution in [2.75, 3.05) is 38.5 Å². The van der Waals surface area contributed by atoms with Crippen LogP contribution in [0.3, 0.4) is 0 Å². The maximum atomic E-state index is 13.6. The largest absolute Gasteiger partial charge is 0.497 e. The van der Waals surface area contributed by atoms with Gasteiger partial charge in [0, 0.05) is 31.0 Å². The number of carbonyl (C=O) groups is 1. The second kappa shape index (κ2) is 8.57. The molecule has 0 unspecified atom stereocenters. The van der Waals surface area contributed by atoms with E-state index in [1.807, 2.05) is 48.5 Å². The Morgan fingerprint density at radius 2 is 1.70 bits per heavy atom. The Bertz CT molecular complexity index is 1330. The first-order valence-electron chi connectivity index (χ1n) is 10.5. The van der Waals surface area contributed by atoms with Gasteiger partial charge in [-0.25, -0.2) is 0 Å². The molecule has 5 rings (SSSR count). The summed E-state index contributed by atoms with van der Waals surface area (Å²) >= 11 is 0. The highest BCUT2D eigenvalue weighted by molar-refractivity contribution is 6.28. The number of rotatable bonds is 8. The number of ether oxygens (including phenoxy) is 3. The summed E-state index contributed by atoms with van der Waals surface area (Å²) in [6, 6.07) is 16.8. The van der Waals surface area contributed by atoms with Crippen LogP contribution in [-0.2, 0) is 9.47 Å². The van der Waals surface area contributed by atoms with Crippen molar-refractivity contribution in [3.63, 3.8) is 0 Å². The standard InChI is InChI=1S/C25H23N3O5/c1-30-15-10-8-14(9-11-15)27-18-12-19(26-13-20(31-2)32-3)23-22-21(18)24(29)16-6-4-5-7-17(16)25(22)33-28-23/h4-12,20,26-27H,13H2,1-3H3. The molecule has 0 atom stereocenters. The molecule has 4 aromatic rings. The number of anilines is 3. The third kappa shape index (κ3) is 3.59. The number of carbonyl (C=O) groups excluding carboxylic acids is 1. The molecule has 3 aromatic carbocycles. The highest BCUT2D eigenvalue weighted by Gasteiger charge is 2.32. The zero-order chi connectivity index (χ0) is 22.9. The Labute approximate surface area is 190 Å². The summed E-state index contributed by atoms with van der Waals surface area (Å²) in [5, 5.41) is 11.7. The van der Waals surface area contributed by atoms with E-state index in [9.17, 15) is 4.79 Å². The molecular weight excluding hydrogens is 422 g/mol. The molecule has 0 fully saturated rings. The molecule has 1 aliphatic carbocycles. The lowest BCUT2D eigenvalue weighted by Crippen LogP contribution is -2.24. The number of methoxy groups -OCH3 is 3. The van der Waals surface area contributed by atoms with E-state index in [2.05, 4.69) is 15.8 Å². The normalized spacial score (nSPS) is 12.2. The van der Waals surface area contributed by atoms with Gasteiger partial charge < -0.3 is 29.4 Å². The molecule has 2 N–H and O–H groups in total. The highest BCUT2D eigenvalue weighted by atomic mass is 16.7. The van der Waals surface area contributed by atoms with Crippen molar-refractivity contribution in [3.8, 4) is 17.1 Å². The summed E-state index contributed by atoms with van der Waals surface area (Å²) in [7, 11) is 4.77. The first-order chi connectivity index (χ1) is 16.1. The molecule has 33 heavy (non-hydrogen) atoms. The Balaban J connectivity index is 1.66. The number of fused-ring (bicyclic) bond motifs is 2. The molecule has 0 amide bonds. The van der Waals surface area contributed by atoms with Crippen LogP contribution in [0.15, 0.2) is 59.1 Å². The minimum Gasteiger partial charge on any atom is -0.497 e. The van der Waals surface area contributed by atoms with E-state index in [4.69, 9.17) is 18.7 Å². The second-order valence-corrected chi connectivity index (χ2v) is 7.59. The van der Waals surface area contributed by atoms with E-state index < -0.39 is 6.29 Å². The molecule has 0 aliphatic heterocycles. The van der Waals surface area contributed by atoms with Crippen LogP contribution in [0.25, 0.3) is 22.2 Å². The van der Waals surface area contributed by atoms with Gasteiger partial charge in [0.1, 0.15) is 11.3 Å². The summed E-state index contributed by atoms with van der Waals surface area (Å²) in [5.74, 6) is 1.24. The average Bonchev–Trinajstić information content (AvgIpc) is 3.30. The Kier molecular flexibility index (Phi) is 5.45. The molecular formula is C25H23N3O5. The molecule has 0 saturated carbocycles. The van der Waals surface area contributed by atoms with Gasteiger partial charge >= 0.3 is 0 Å². The lowest BCUT2D eigenvalue weighted by molar-refractivity contribution is -0.0913. The van der Waals surface area contributed by atoms with Gasteiger partial charge in [0.25, 0.3) is 0 Å². The number of hydrogen-bond donors (Lipinski definition) is 2. The van der Waals surface area contributed by atoms with Crippen LogP contribution in [0.5, 0.6) is 5.75 Å². The summed E-state index contributed by atoms with van der Waals surface area (Å²) in [6.07, 6.45) is -0.445. The number of benzene rings is 3. The molecule has 1 heterocycles. The molecule has 8 nitrogen and oxygen atoms in total. The first-order valence-corrected chi connectivity index (χ1v) is 10.5. The van der Waals surface area contributed by atoms with Crippen LogP contribution in [0, 0.1) is 0 Å². The zero-order valence-corrected chi connectivity index (χ0v) is 18.5. The van der Waals surface area contributed by atoms with Crippen LogP contribution < -0.4 is 15.4 Å². The lowest BCUT2D eigenvalue weighted by Gasteiger charge is -2.21. The average molecular weight is 445 g/mol. The fourth-order valence-corrected chi connectivity index (χ4v) is 4.08. The Morgan fingerprint density at radius 1 is 0.970 bits per heavy atom. The van der Waals surface area contributed by atoms with Crippen molar-refractivity contribution in [3.05, 3.63) is 65.7 Å². The maximum absolute atomic E-state index is 13.6. The highest BCUT2D eigenvalue weighted by Crippen LogP contribution is 2.45. The van der Waals surface area contributed by atoms with E-state index in [0.29, 0.717) is 45.7 Å². The van der Waals surface area contributed by atoms with Crippen LogP contribution in [0.4, 0.5) is 17.1 Å². The molecule has 0 radical (unpaired) electrons. The quantitative estimate of drug-likeness (QED) is 0.328. The molecule has 168 valence electrons. The van der Waals surface area contributed by atoms with Gasteiger partial charge in [-0.2, -0.15) is 0 Å². The summed E-state index contributed by atoms with van der Waals surface area (Å²) in [4.78, 5) is 13.6. The fourth-order valence-electron chi connectivity index (χ4n) is 4.08. The minimum absolute atomic E-state index is 0.0829. The van der Waals surface area contributed by atoms with Gasteiger partial charge in [0.2, 0.25) is 0 Å². The van der Waals surface area contributed by atoms with Gasteiger partial charge in [-0.15, -0.1) is 0 Å². The van der Waals surface area contributed by atoms with E-state index in [0.717, 1.165) is 17.0 Å². The summed E-state index contributed by atoms with van der Waals surface area (Å²) in [6.45, 7) is 0.385. The van der Waals surface area contributed by atoms with E-state index >= 15 is 0 Å². The van der Waals surface area contributed by atoms with Crippen molar-refractivity contribution in [1.82, 2.24) is 5.16 Å². The molecule has 1 aliphatic rings. The maximum Gasteiger partial charge on any atom is 0.196 e. The Hall–Kier alpha value is -3.88. The molecule has 0 bridgehead atoms. The number of aromatic nitrogens is 1. The number of ketones is 1. The van der Waals surface area contributed by atoms with Crippen molar-refractivity contribution >= 4 is 33.7 Å². The van der Waals surface area contributed by atoms with E-state index in [1.165, 1.54) is 0 Å². The first kappa shape index (κ1) is 21.0.